The summed E-state index contributed by atoms with van der Waals surface area (Å²) in [5, 5.41) is 8.01. The molecule has 1 aromatic heterocycles. The van der Waals surface area contributed by atoms with Crippen molar-refractivity contribution in [3.05, 3.63) is 46.6 Å². The third-order valence-corrected chi connectivity index (χ3v) is 8.80. The molecule has 1 N–H and O–H groups in total. The SMILES string of the molecule is CC1(c2noc(C3CC3)n2)CCN(C(=O)Nc2c(Cl)cccc2C2=CCN(C3CCC3)CC2)CC1. The molecule has 0 atom stereocenters. The molecule has 7 nitrogen and oxygen atoms in total. The van der Waals surface area contributed by atoms with Crippen LogP contribution in [-0.2, 0) is 5.41 Å². The molecule has 2 amide bonds. The summed E-state index contributed by atoms with van der Waals surface area (Å²) < 4.78 is 5.50. The van der Waals surface area contributed by atoms with Gasteiger partial charge in [-0.3, -0.25) is 4.90 Å². The summed E-state index contributed by atoms with van der Waals surface area (Å²) in [7, 11) is 0. The third kappa shape index (κ3) is 4.60. The molecule has 2 aromatic rings. The van der Waals surface area contributed by atoms with E-state index in [9.17, 15) is 4.79 Å². The summed E-state index contributed by atoms with van der Waals surface area (Å²) in [5.41, 5.74) is 2.87. The maximum Gasteiger partial charge on any atom is 0.321 e. The highest BCUT2D eigenvalue weighted by atomic mass is 35.5. The number of benzene rings is 1. The maximum absolute atomic E-state index is 13.3. The van der Waals surface area contributed by atoms with Crippen molar-refractivity contribution in [2.45, 2.75) is 75.7 Å². The zero-order valence-corrected chi connectivity index (χ0v) is 21.2. The summed E-state index contributed by atoms with van der Waals surface area (Å²) in [4.78, 5) is 22.4. The number of piperidine rings is 1. The Morgan fingerprint density at radius 1 is 1.17 bits per heavy atom. The van der Waals surface area contributed by atoms with Crippen LogP contribution in [-0.4, -0.2) is 58.2 Å². The molecule has 1 aromatic carbocycles. The largest absolute Gasteiger partial charge is 0.339 e. The predicted octanol–water partition coefficient (Wildman–Crippen LogP) is 5.83. The van der Waals surface area contributed by atoms with E-state index >= 15 is 0 Å². The van der Waals surface area contributed by atoms with Crippen molar-refractivity contribution >= 4 is 28.9 Å². The molecule has 186 valence electrons. The van der Waals surface area contributed by atoms with Gasteiger partial charge in [-0.15, -0.1) is 0 Å². The van der Waals surface area contributed by atoms with Gasteiger partial charge in [-0.2, -0.15) is 4.98 Å². The number of rotatable bonds is 5. The van der Waals surface area contributed by atoms with Crippen LogP contribution < -0.4 is 5.32 Å². The van der Waals surface area contributed by atoms with Gasteiger partial charge < -0.3 is 14.7 Å². The lowest BCUT2D eigenvalue weighted by Crippen LogP contribution is -2.46. The number of nitrogens with zero attached hydrogens (tertiary/aromatic N) is 4. The van der Waals surface area contributed by atoms with Gasteiger partial charge in [0.05, 0.1) is 10.7 Å². The normalized spacial score (nSPS) is 23.0. The lowest BCUT2D eigenvalue weighted by Gasteiger charge is -2.39. The summed E-state index contributed by atoms with van der Waals surface area (Å²) >= 11 is 6.60. The number of carbonyl (C=O) groups excluding carboxylic acids is 1. The molecular weight excluding hydrogens is 462 g/mol. The highest BCUT2D eigenvalue weighted by molar-refractivity contribution is 6.34. The predicted molar refractivity (Wildman–Crippen MR) is 137 cm³/mol. The zero-order chi connectivity index (χ0) is 24.0. The monoisotopic (exact) mass is 495 g/mol. The molecule has 0 unspecified atom stereocenters. The summed E-state index contributed by atoms with van der Waals surface area (Å²) in [5.74, 6) is 2.02. The van der Waals surface area contributed by atoms with Crippen LogP contribution >= 0.6 is 11.6 Å². The second kappa shape index (κ2) is 9.25. The average molecular weight is 496 g/mol. The first kappa shape index (κ1) is 23.0. The van der Waals surface area contributed by atoms with Crippen LogP contribution in [0, 0.1) is 0 Å². The van der Waals surface area contributed by atoms with Crippen LogP contribution in [0.3, 0.4) is 0 Å². The number of halogens is 1. The number of carbonyl (C=O) groups is 1. The van der Waals surface area contributed by atoms with Crippen LogP contribution in [0.25, 0.3) is 5.57 Å². The van der Waals surface area contributed by atoms with Crippen molar-refractivity contribution in [3.63, 3.8) is 0 Å². The number of anilines is 1. The van der Waals surface area contributed by atoms with Crippen molar-refractivity contribution in [1.29, 1.82) is 0 Å². The van der Waals surface area contributed by atoms with Crippen LogP contribution in [0.4, 0.5) is 10.5 Å². The summed E-state index contributed by atoms with van der Waals surface area (Å²) in [6.07, 6.45) is 11.2. The van der Waals surface area contributed by atoms with E-state index in [1.807, 2.05) is 17.0 Å². The van der Waals surface area contributed by atoms with Crippen molar-refractivity contribution < 1.29 is 9.32 Å². The van der Waals surface area contributed by atoms with E-state index in [4.69, 9.17) is 16.1 Å². The fourth-order valence-electron chi connectivity index (χ4n) is 5.52. The fourth-order valence-corrected chi connectivity index (χ4v) is 5.74. The Bertz CT molecular complexity index is 1130. The maximum atomic E-state index is 13.3. The van der Waals surface area contributed by atoms with Crippen LogP contribution in [0.1, 0.15) is 81.5 Å². The fraction of sp³-hybridized carbons (Fsp3) is 0.593. The first-order chi connectivity index (χ1) is 17.0. The Hall–Kier alpha value is -2.38. The van der Waals surface area contributed by atoms with Gasteiger partial charge in [0.1, 0.15) is 0 Å². The van der Waals surface area contributed by atoms with Crippen molar-refractivity contribution in [2.75, 3.05) is 31.5 Å². The smallest absolute Gasteiger partial charge is 0.321 e. The van der Waals surface area contributed by atoms with Crippen LogP contribution in [0.15, 0.2) is 28.8 Å². The van der Waals surface area contributed by atoms with E-state index < -0.39 is 0 Å². The number of aromatic nitrogens is 2. The second-order valence-corrected chi connectivity index (χ2v) is 11.3. The number of nitrogens with one attached hydrogen (secondary N) is 1. The Morgan fingerprint density at radius 2 is 1.97 bits per heavy atom. The highest BCUT2D eigenvalue weighted by Gasteiger charge is 2.39. The Balaban J connectivity index is 1.11. The minimum absolute atomic E-state index is 0.0966. The first-order valence-corrected chi connectivity index (χ1v) is 13.5. The zero-order valence-electron chi connectivity index (χ0n) is 20.4. The minimum Gasteiger partial charge on any atom is -0.339 e. The second-order valence-electron chi connectivity index (χ2n) is 10.9. The molecule has 0 radical (unpaired) electrons. The van der Waals surface area contributed by atoms with E-state index in [0.29, 0.717) is 24.0 Å². The molecule has 35 heavy (non-hydrogen) atoms. The van der Waals surface area contributed by atoms with E-state index in [2.05, 4.69) is 39.4 Å². The van der Waals surface area contributed by atoms with E-state index in [0.717, 1.165) is 74.2 Å². The molecule has 2 aliphatic heterocycles. The molecule has 8 heteroatoms. The van der Waals surface area contributed by atoms with Crippen molar-refractivity contribution in [3.8, 4) is 0 Å². The van der Waals surface area contributed by atoms with Gasteiger partial charge in [0.25, 0.3) is 0 Å². The van der Waals surface area contributed by atoms with Gasteiger partial charge in [0.15, 0.2) is 5.82 Å². The molecular formula is C27H34ClN5O2. The van der Waals surface area contributed by atoms with E-state index in [1.165, 1.54) is 24.8 Å². The lowest BCUT2D eigenvalue weighted by molar-refractivity contribution is 0.141. The Morgan fingerprint density at radius 3 is 2.63 bits per heavy atom. The summed E-state index contributed by atoms with van der Waals surface area (Å²) in [6, 6.07) is 6.56. The molecule has 4 aliphatic rings. The lowest BCUT2D eigenvalue weighted by atomic mass is 9.80. The van der Waals surface area contributed by atoms with Crippen molar-refractivity contribution in [2.24, 2.45) is 0 Å². The van der Waals surface area contributed by atoms with Gasteiger partial charge in [-0.1, -0.05) is 48.3 Å². The molecule has 3 heterocycles. The van der Waals surface area contributed by atoms with Crippen molar-refractivity contribution in [1.82, 2.24) is 19.9 Å². The van der Waals surface area contributed by atoms with E-state index in [1.54, 1.807) is 0 Å². The van der Waals surface area contributed by atoms with Gasteiger partial charge >= 0.3 is 6.03 Å². The Labute approximate surface area is 211 Å². The molecule has 2 aliphatic carbocycles. The summed E-state index contributed by atoms with van der Waals surface area (Å²) in [6.45, 7) is 5.52. The first-order valence-electron chi connectivity index (χ1n) is 13.1. The van der Waals surface area contributed by atoms with Gasteiger partial charge in [0, 0.05) is 49.1 Å². The van der Waals surface area contributed by atoms with Crippen LogP contribution in [0.2, 0.25) is 5.02 Å². The average Bonchev–Trinajstić information content (AvgIpc) is 3.56. The number of likely N-dealkylation sites (tertiary alicyclic amines) is 1. The molecule has 1 saturated heterocycles. The molecule has 0 bridgehead atoms. The number of amides is 2. The van der Waals surface area contributed by atoms with Crippen LogP contribution in [0.5, 0.6) is 0 Å². The molecule has 0 spiro atoms. The molecule has 6 rings (SSSR count). The standard InChI is InChI=1S/C27H34ClN5O2/c1-27(25-30-24(35-31-25)19-8-9-19)12-16-33(17-13-27)26(34)29-23-21(6-3-7-22(23)28)18-10-14-32(15-11-18)20-4-2-5-20/h3,6-7,10,19-20H,2,4-5,8-9,11-17H2,1H3,(H,29,34). The number of hydrogen-bond acceptors (Lipinski definition) is 5. The highest BCUT2D eigenvalue weighted by Crippen LogP contribution is 2.41. The topological polar surface area (TPSA) is 74.5 Å². The minimum atomic E-state index is -0.164. The molecule has 2 saturated carbocycles. The quantitative estimate of drug-likeness (QED) is 0.565. The van der Waals surface area contributed by atoms with Gasteiger partial charge in [-0.05, 0) is 56.6 Å². The van der Waals surface area contributed by atoms with Gasteiger partial charge in [0.2, 0.25) is 5.89 Å². The van der Waals surface area contributed by atoms with E-state index in [-0.39, 0.29) is 11.4 Å². The Kier molecular flexibility index (Phi) is 6.09. The number of urea groups is 1. The third-order valence-electron chi connectivity index (χ3n) is 8.49. The molecule has 3 fully saturated rings. The number of hydrogen-bond donors (Lipinski definition) is 1. The number of para-hydroxylation sites is 1. The van der Waals surface area contributed by atoms with Gasteiger partial charge in [-0.25, -0.2) is 4.79 Å².